The molecule has 1 amide bonds. The van der Waals surface area contributed by atoms with Crippen molar-refractivity contribution in [1.29, 1.82) is 0 Å². The predicted molar refractivity (Wildman–Crippen MR) is 79.1 cm³/mol. The Balaban J connectivity index is 1.70. The number of rotatable bonds is 4. The number of nitrogens with zero attached hydrogens (tertiary/aromatic N) is 1. The van der Waals surface area contributed by atoms with E-state index < -0.39 is 11.7 Å². The van der Waals surface area contributed by atoms with Crippen molar-refractivity contribution in [2.45, 2.75) is 37.8 Å². The summed E-state index contributed by atoms with van der Waals surface area (Å²) in [5, 5.41) is 0. The highest BCUT2D eigenvalue weighted by molar-refractivity contribution is 5.69. The molecule has 1 aromatic rings. The lowest BCUT2D eigenvalue weighted by molar-refractivity contribution is -0.137. The fourth-order valence-corrected chi connectivity index (χ4v) is 3.47. The smallest absolute Gasteiger partial charge is 0.416 e. The minimum atomic E-state index is -4.34. The summed E-state index contributed by atoms with van der Waals surface area (Å²) in [6, 6.07) is 5.50. The van der Waals surface area contributed by atoms with Crippen LogP contribution in [0.2, 0.25) is 0 Å². The zero-order chi connectivity index (χ0) is 16.7. The minimum Gasteiger partial charge on any atom is -0.449 e. The molecule has 1 saturated heterocycles. The molecule has 3 rings (SSSR count). The average molecular weight is 327 g/mol. The fourth-order valence-electron chi connectivity index (χ4n) is 3.47. The second kappa shape index (κ2) is 5.73. The van der Waals surface area contributed by atoms with Crippen molar-refractivity contribution in [1.82, 2.24) is 4.90 Å². The first-order chi connectivity index (χ1) is 10.9. The van der Waals surface area contributed by atoms with E-state index in [0.29, 0.717) is 25.3 Å². The number of piperidine rings is 1. The standard InChI is InChI=1S/C17H20F3NO2/c1-2-3-7-23-15(22)21-10-14-9-16(14,11-21)12-5-4-6-13(8-12)17(18,19)20/h4-6,8,14H,2-3,7,9-11H2,1H3. The molecular weight excluding hydrogens is 307 g/mol. The lowest BCUT2D eigenvalue weighted by Crippen LogP contribution is -2.33. The zero-order valence-electron chi connectivity index (χ0n) is 13.0. The van der Waals surface area contributed by atoms with Gasteiger partial charge in [-0.25, -0.2) is 4.79 Å². The second-order valence-corrected chi connectivity index (χ2v) is 6.48. The monoisotopic (exact) mass is 327 g/mol. The summed E-state index contributed by atoms with van der Waals surface area (Å²) in [6.45, 7) is 3.43. The molecule has 1 heterocycles. The van der Waals surface area contributed by atoms with Crippen molar-refractivity contribution in [3.63, 3.8) is 0 Å². The summed E-state index contributed by atoms with van der Waals surface area (Å²) in [5.74, 6) is 0.240. The number of carbonyl (C=O) groups excluding carboxylic acids is 1. The highest BCUT2D eigenvalue weighted by Gasteiger charge is 2.62. The van der Waals surface area contributed by atoms with Gasteiger partial charge in [0.2, 0.25) is 0 Å². The third kappa shape index (κ3) is 3.03. The van der Waals surface area contributed by atoms with Crippen LogP contribution in [0.1, 0.15) is 37.3 Å². The molecule has 2 fully saturated rings. The summed E-state index contributed by atoms with van der Waals surface area (Å²) in [4.78, 5) is 13.6. The minimum absolute atomic E-state index is 0.240. The van der Waals surface area contributed by atoms with E-state index in [4.69, 9.17) is 4.74 Å². The van der Waals surface area contributed by atoms with E-state index in [9.17, 15) is 18.0 Å². The van der Waals surface area contributed by atoms with Gasteiger partial charge < -0.3 is 9.64 Å². The van der Waals surface area contributed by atoms with E-state index in [1.54, 1.807) is 11.0 Å². The number of unbranched alkanes of at least 4 members (excludes halogenated alkanes) is 1. The lowest BCUT2D eigenvalue weighted by Gasteiger charge is -2.21. The van der Waals surface area contributed by atoms with E-state index in [1.807, 2.05) is 6.92 Å². The Hall–Kier alpha value is -1.72. The topological polar surface area (TPSA) is 29.5 Å². The summed E-state index contributed by atoms with van der Waals surface area (Å²) in [6.07, 6.45) is -2.08. The van der Waals surface area contributed by atoms with Crippen molar-refractivity contribution >= 4 is 6.09 Å². The number of fused-ring (bicyclic) bond motifs is 1. The predicted octanol–water partition coefficient (Wildman–Crippen LogP) is 4.22. The van der Waals surface area contributed by atoms with Gasteiger partial charge in [-0.2, -0.15) is 13.2 Å². The Kier molecular flexibility index (Phi) is 4.02. The fraction of sp³-hybridized carbons (Fsp3) is 0.588. The number of benzene rings is 1. The van der Waals surface area contributed by atoms with Gasteiger partial charge in [0.15, 0.2) is 0 Å². The molecule has 2 atom stereocenters. The summed E-state index contributed by atoms with van der Waals surface area (Å²) >= 11 is 0. The molecule has 1 aliphatic heterocycles. The normalized spacial score (nSPS) is 26.1. The Morgan fingerprint density at radius 2 is 2.22 bits per heavy atom. The second-order valence-electron chi connectivity index (χ2n) is 6.48. The first-order valence-corrected chi connectivity index (χ1v) is 7.96. The summed E-state index contributed by atoms with van der Waals surface area (Å²) < 4.78 is 43.9. The van der Waals surface area contributed by atoms with Crippen LogP contribution in [0.25, 0.3) is 0 Å². The van der Waals surface area contributed by atoms with Crippen LogP contribution in [0.4, 0.5) is 18.0 Å². The lowest BCUT2D eigenvalue weighted by atomic mass is 9.93. The highest BCUT2D eigenvalue weighted by atomic mass is 19.4. The molecule has 1 aromatic carbocycles. The van der Waals surface area contributed by atoms with Crippen LogP contribution in [0.15, 0.2) is 24.3 Å². The van der Waals surface area contributed by atoms with Crippen molar-refractivity contribution in [3.8, 4) is 0 Å². The van der Waals surface area contributed by atoms with Crippen LogP contribution in [-0.4, -0.2) is 30.7 Å². The van der Waals surface area contributed by atoms with Gasteiger partial charge in [0.1, 0.15) is 0 Å². The van der Waals surface area contributed by atoms with Gasteiger partial charge in [-0.1, -0.05) is 31.5 Å². The third-order valence-corrected chi connectivity index (χ3v) is 4.89. The quantitative estimate of drug-likeness (QED) is 0.775. The van der Waals surface area contributed by atoms with Crippen molar-refractivity contribution in [2.24, 2.45) is 5.92 Å². The molecule has 1 saturated carbocycles. The number of likely N-dealkylation sites (tertiary alicyclic amines) is 1. The number of carbonyl (C=O) groups is 1. The molecule has 23 heavy (non-hydrogen) atoms. The van der Waals surface area contributed by atoms with Crippen LogP contribution in [-0.2, 0) is 16.3 Å². The van der Waals surface area contributed by atoms with Gasteiger partial charge in [0.05, 0.1) is 12.2 Å². The SMILES string of the molecule is CCCCOC(=O)N1CC2CC2(c2cccc(C(F)(F)F)c2)C1. The summed E-state index contributed by atoms with van der Waals surface area (Å²) in [7, 11) is 0. The van der Waals surface area contributed by atoms with E-state index in [2.05, 4.69) is 0 Å². The molecule has 0 radical (unpaired) electrons. The number of halogens is 3. The maximum absolute atomic E-state index is 12.9. The molecule has 126 valence electrons. The molecule has 0 bridgehead atoms. The first kappa shape index (κ1) is 16.1. The van der Waals surface area contributed by atoms with Gasteiger partial charge in [-0.3, -0.25) is 0 Å². The Bertz CT molecular complexity index is 602. The van der Waals surface area contributed by atoms with Gasteiger partial charge in [-0.05, 0) is 30.4 Å². The molecule has 2 unspecified atom stereocenters. The van der Waals surface area contributed by atoms with Gasteiger partial charge in [-0.15, -0.1) is 0 Å². The van der Waals surface area contributed by atoms with Crippen molar-refractivity contribution in [3.05, 3.63) is 35.4 Å². The Morgan fingerprint density at radius 1 is 1.43 bits per heavy atom. The number of alkyl halides is 3. The van der Waals surface area contributed by atoms with E-state index >= 15 is 0 Å². The van der Waals surface area contributed by atoms with E-state index in [-0.39, 0.29) is 17.4 Å². The number of hydrogen-bond donors (Lipinski definition) is 0. The third-order valence-electron chi connectivity index (χ3n) is 4.89. The molecule has 0 aromatic heterocycles. The van der Waals surface area contributed by atoms with Crippen LogP contribution in [0, 0.1) is 5.92 Å². The Labute approximate surface area is 133 Å². The van der Waals surface area contributed by atoms with Crippen LogP contribution < -0.4 is 0 Å². The number of hydrogen-bond acceptors (Lipinski definition) is 2. The zero-order valence-corrected chi connectivity index (χ0v) is 13.0. The maximum Gasteiger partial charge on any atom is 0.416 e. The van der Waals surface area contributed by atoms with E-state index in [1.165, 1.54) is 12.1 Å². The van der Waals surface area contributed by atoms with Gasteiger partial charge in [0.25, 0.3) is 0 Å². The molecule has 1 aliphatic carbocycles. The molecule has 0 N–H and O–H groups in total. The molecule has 6 heteroatoms. The van der Waals surface area contributed by atoms with E-state index in [0.717, 1.165) is 25.3 Å². The molecule has 2 aliphatic rings. The van der Waals surface area contributed by atoms with Crippen molar-refractivity contribution in [2.75, 3.05) is 19.7 Å². The van der Waals surface area contributed by atoms with Crippen LogP contribution in [0.5, 0.6) is 0 Å². The average Bonchev–Trinajstić information content (AvgIpc) is 3.09. The van der Waals surface area contributed by atoms with Crippen molar-refractivity contribution < 1.29 is 22.7 Å². The highest BCUT2D eigenvalue weighted by Crippen LogP contribution is 2.59. The summed E-state index contributed by atoms with van der Waals surface area (Å²) in [5.41, 5.74) is -0.259. The van der Waals surface area contributed by atoms with Gasteiger partial charge in [0, 0.05) is 18.5 Å². The molecule has 3 nitrogen and oxygen atoms in total. The Morgan fingerprint density at radius 3 is 2.91 bits per heavy atom. The van der Waals surface area contributed by atoms with Gasteiger partial charge >= 0.3 is 12.3 Å². The maximum atomic E-state index is 12.9. The number of ether oxygens (including phenoxy) is 1. The molecule has 0 spiro atoms. The molecular formula is C17H20F3NO2. The largest absolute Gasteiger partial charge is 0.449 e. The van der Waals surface area contributed by atoms with Crippen LogP contribution >= 0.6 is 0 Å². The van der Waals surface area contributed by atoms with Crippen LogP contribution in [0.3, 0.4) is 0 Å². The number of amides is 1. The first-order valence-electron chi connectivity index (χ1n) is 7.96.